The molecule has 0 radical (unpaired) electrons. The van der Waals surface area contributed by atoms with E-state index >= 15 is 0 Å². The molecule has 0 aliphatic rings. The number of hydrogen-bond donors (Lipinski definition) is 1. The van der Waals surface area contributed by atoms with Gasteiger partial charge in [-0.3, -0.25) is 4.98 Å². The summed E-state index contributed by atoms with van der Waals surface area (Å²) in [5, 5.41) is 3.44. The minimum absolute atomic E-state index is 0.945. The molecule has 0 aliphatic heterocycles. The number of rotatable bonds is 5. The fourth-order valence-corrected chi connectivity index (χ4v) is 2.29. The van der Waals surface area contributed by atoms with Crippen LogP contribution < -0.4 is 5.32 Å². The van der Waals surface area contributed by atoms with Gasteiger partial charge in [-0.05, 0) is 55.1 Å². The summed E-state index contributed by atoms with van der Waals surface area (Å²) >= 11 is 0. The van der Waals surface area contributed by atoms with E-state index in [4.69, 9.17) is 0 Å². The van der Waals surface area contributed by atoms with E-state index in [2.05, 4.69) is 55.3 Å². The van der Waals surface area contributed by atoms with Crippen LogP contribution in [0.4, 0.5) is 0 Å². The molecule has 2 heteroatoms. The monoisotopic (exact) mass is 254 g/mol. The average Bonchev–Trinajstić information content (AvgIpc) is 2.40. The summed E-state index contributed by atoms with van der Waals surface area (Å²) in [5.41, 5.74) is 6.44. The molecular formula is C17H22N2. The van der Waals surface area contributed by atoms with E-state index in [1.165, 1.54) is 34.2 Å². The maximum Gasteiger partial charge on any atom is 0.0349 e. The van der Waals surface area contributed by atoms with Crippen molar-refractivity contribution >= 4 is 0 Å². The molecule has 0 atom stereocenters. The summed E-state index contributed by atoms with van der Waals surface area (Å²) < 4.78 is 0. The first-order valence-corrected chi connectivity index (χ1v) is 6.93. The summed E-state index contributed by atoms with van der Waals surface area (Å²) in [6, 6.07) is 8.75. The number of benzene rings is 1. The number of pyridine rings is 1. The Morgan fingerprint density at radius 3 is 2.58 bits per heavy atom. The number of aromatic nitrogens is 1. The van der Waals surface area contributed by atoms with E-state index in [0.29, 0.717) is 0 Å². The molecule has 0 fully saturated rings. The van der Waals surface area contributed by atoms with Gasteiger partial charge >= 0.3 is 0 Å². The molecule has 2 nitrogen and oxygen atoms in total. The highest BCUT2D eigenvalue weighted by molar-refractivity contribution is 5.69. The molecule has 0 aliphatic carbocycles. The summed E-state index contributed by atoms with van der Waals surface area (Å²) in [7, 11) is 0. The van der Waals surface area contributed by atoms with Crippen LogP contribution in [0.5, 0.6) is 0 Å². The van der Waals surface area contributed by atoms with Gasteiger partial charge in [-0.1, -0.05) is 25.1 Å². The van der Waals surface area contributed by atoms with Crippen molar-refractivity contribution in [3.8, 4) is 11.1 Å². The molecule has 0 spiro atoms. The Hall–Kier alpha value is -1.67. The van der Waals surface area contributed by atoms with Gasteiger partial charge in [-0.25, -0.2) is 0 Å². The smallest absolute Gasteiger partial charge is 0.0349 e. The van der Waals surface area contributed by atoms with Crippen LogP contribution in [-0.4, -0.2) is 11.5 Å². The quantitative estimate of drug-likeness (QED) is 0.819. The van der Waals surface area contributed by atoms with Crippen LogP contribution in [0.15, 0.2) is 36.7 Å². The second-order valence-electron chi connectivity index (χ2n) is 5.02. The van der Waals surface area contributed by atoms with Crippen molar-refractivity contribution in [3.63, 3.8) is 0 Å². The van der Waals surface area contributed by atoms with Gasteiger partial charge in [0.05, 0.1) is 0 Å². The second-order valence-corrected chi connectivity index (χ2v) is 5.02. The lowest BCUT2D eigenvalue weighted by molar-refractivity contribution is 0.675. The molecule has 0 unspecified atom stereocenters. The zero-order valence-corrected chi connectivity index (χ0v) is 12.0. The molecule has 100 valence electrons. The topological polar surface area (TPSA) is 24.9 Å². The van der Waals surface area contributed by atoms with E-state index in [-0.39, 0.29) is 0 Å². The fraction of sp³-hybridized carbons (Fsp3) is 0.353. The van der Waals surface area contributed by atoms with Crippen molar-refractivity contribution in [2.45, 2.75) is 33.7 Å². The van der Waals surface area contributed by atoms with E-state index in [1.54, 1.807) is 0 Å². The zero-order valence-electron chi connectivity index (χ0n) is 12.0. The largest absolute Gasteiger partial charge is 0.313 e. The molecular weight excluding hydrogens is 232 g/mol. The van der Waals surface area contributed by atoms with Crippen LogP contribution >= 0.6 is 0 Å². The molecule has 1 aromatic carbocycles. The third-order valence-corrected chi connectivity index (χ3v) is 3.38. The lowest BCUT2D eigenvalue weighted by atomic mass is 9.97. The number of nitrogens with one attached hydrogen (secondary N) is 1. The van der Waals surface area contributed by atoms with Crippen molar-refractivity contribution in [2.24, 2.45) is 0 Å². The number of nitrogens with zero attached hydrogens (tertiary/aromatic N) is 1. The van der Waals surface area contributed by atoms with Gasteiger partial charge in [-0.2, -0.15) is 0 Å². The fourth-order valence-electron chi connectivity index (χ4n) is 2.29. The molecule has 2 aromatic rings. The van der Waals surface area contributed by atoms with Crippen LogP contribution in [0, 0.1) is 13.8 Å². The minimum Gasteiger partial charge on any atom is -0.313 e. The molecule has 1 heterocycles. The van der Waals surface area contributed by atoms with E-state index in [9.17, 15) is 0 Å². The predicted octanol–water partition coefficient (Wildman–Crippen LogP) is 3.87. The average molecular weight is 254 g/mol. The summed E-state index contributed by atoms with van der Waals surface area (Å²) in [5.74, 6) is 0. The first-order valence-electron chi connectivity index (χ1n) is 6.93. The first-order chi connectivity index (χ1) is 9.22. The van der Waals surface area contributed by atoms with Crippen molar-refractivity contribution in [3.05, 3.63) is 53.3 Å². The van der Waals surface area contributed by atoms with E-state index in [1.807, 2.05) is 12.4 Å². The van der Waals surface area contributed by atoms with Gasteiger partial charge < -0.3 is 5.32 Å². The number of hydrogen-bond acceptors (Lipinski definition) is 2. The molecule has 1 N–H and O–H groups in total. The summed E-state index contributed by atoms with van der Waals surface area (Å²) in [4.78, 5) is 4.23. The Morgan fingerprint density at radius 2 is 1.89 bits per heavy atom. The van der Waals surface area contributed by atoms with Gasteiger partial charge in [0.2, 0.25) is 0 Å². The zero-order chi connectivity index (χ0) is 13.7. The van der Waals surface area contributed by atoms with E-state index < -0.39 is 0 Å². The van der Waals surface area contributed by atoms with Gasteiger partial charge in [-0.15, -0.1) is 0 Å². The molecule has 0 bridgehead atoms. The summed E-state index contributed by atoms with van der Waals surface area (Å²) in [6.07, 6.45) is 4.97. The van der Waals surface area contributed by atoms with Gasteiger partial charge in [0, 0.05) is 24.5 Å². The Kier molecular flexibility index (Phi) is 4.69. The van der Waals surface area contributed by atoms with Crippen LogP contribution in [-0.2, 0) is 6.54 Å². The van der Waals surface area contributed by atoms with Crippen LogP contribution in [0.2, 0.25) is 0 Å². The summed E-state index contributed by atoms with van der Waals surface area (Å²) in [6.45, 7) is 8.51. The van der Waals surface area contributed by atoms with Crippen LogP contribution in [0.3, 0.4) is 0 Å². The molecule has 19 heavy (non-hydrogen) atoms. The van der Waals surface area contributed by atoms with Gasteiger partial charge in [0.15, 0.2) is 0 Å². The normalized spacial score (nSPS) is 10.7. The van der Waals surface area contributed by atoms with Crippen molar-refractivity contribution in [1.29, 1.82) is 0 Å². The predicted molar refractivity (Wildman–Crippen MR) is 81.1 cm³/mol. The lowest BCUT2D eigenvalue weighted by Crippen LogP contribution is -2.13. The minimum atomic E-state index is 0.945. The first kappa shape index (κ1) is 13.8. The van der Waals surface area contributed by atoms with Crippen molar-refractivity contribution < 1.29 is 0 Å². The highest BCUT2D eigenvalue weighted by atomic mass is 14.8. The molecule has 0 saturated heterocycles. The molecule has 0 saturated carbocycles. The highest BCUT2D eigenvalue weighted by Crippen LogP contribution is 2.26. The van der Waals surface area contributed by atoms with Crippen molar-refractivity contribution in [2.75, 3.05) is 6.54 Å². The Labute approximate surface area is 115 Å². The second kappa shape index (κ2) is 6.48. The van der Waals surface area contributed by atoms with Crippen molar-refractivity contribution in [1.82, 2.24) is 10.3 Å². The van der Waals surface area contributed by atoms with Crippen LogP contribution in [0.1, 0.15) is 30.0 Å². The standard InChI is InChI=1S/C17H22N2/c1-4-8-18-11-15-5-6-16(14(3)10-15)17-12-19-9-7-13(17)2/h5-7,9-10,12,18H,4,8,11H2,1-3H3. The number of aryl methyl sites for hydroxylation is 2. The van der Waals surface area contributed by atoms with Gasteiger partial charge in [0.25, 0.3) is 0 Å². The SMILES string of the molecule is CCCNCc1ccc(-c2cnccc2C)c(C)c1. The Bertz CT molecular complexity index is 547. The maximum absolute atomic E-state index is 4.23. The lowest BCUT2D eigenvalue weighted by Gasteiger charge is -2.11. The maximum atomic E-state index is 4.23. The van der Waals surface area contributed by atoms with E-state index in [0.717, 1.165) is 13.1 Å². The molecule has 1 aromatic heterocycles. The van der Waals surface area contributed by atoms with Crippen LogP contribution in [0.25, 0.3) is 11.1 Å². The Morgan fingerprint density at radius 1 is 1.05 bits per heavy atom. The molecule has 0 amide bonds. The third-order valence-electron chi connectivity index (χ3n) is 3.38. The van der Waals surface area contributed by atoms with Gasteiger partial charge in [0.1, 0.15) is 0 Å². The molecule has 2 rings (SSSR count). The Balaban J connectivity index is 2.22. The third kappa shape index (κ3) is 3.42. The highest BCUT2D eigenvalue weighted by Gasteiger charge is 2.05.